The van der Waals surface area contributed by atoms with Gasteiger partial charge >= 0.3 is 5.97 Å². The normalized spacial score (nSPS) is 34.5. The van der Waals surface area contributed by atoms with Crippen LogP contribution in [0, 0.1) is 35.5 Å². The summed E-state index contributed by atoms with van der Waals surface area (Å²) >= 11 is 0. The third-order valence-corrected chi connectivity index (χ3v) is 6.43. The monoisotopic (exact) mass is 380 g/mol. The molecule has 3 fully saturated rings. The highest BCUT2D eigenvalue weighted by molar-refractivity contribution is 6.06. The van der Waals surface area contributed by atoms with Crippen molar-refractivity contribution in [3.63, 3.8) is 0 Å². The lowest BCUT2D eigenvalue weighted by Crippen LogP contribution is -2.40. The molecule has 0 spiro atoms. The van der Waals surface area contributed by atoms with Crippen molar-refractivity contribution in [2.24, 2.45) is 40.6 Å². The van der Waals surface area contributed by atoms with Crippen LogP contribution in [0.15, 0.2) is 41.5 Å². The van der Waals surface area contributed by atoms with Crippen LogP contribution in [-0.2, 0) is 19.1 Å². The molecule has 7 nitrogen and oxygen atoms in total. The standard InChI is InChI=1S/C21H20N2O5/c1-27-17(24)10-28-12-4-2-11(3-5-12)9-22-23-20(25)18-13-6-7-14(16-8-15(13)16)19(18)21(23)26/h2-7,9,13-16,18-19H,8,10H2,1H3/b22-9-/t13-,14-,15-,16+,18-,19+/m0/s1. The van der Waals surface area contributed by atoms with Crippen molar-refractivity contribution in [1.29, 1.82) is 0 Å². The lowest BCUT2D eigenvalue weighted by Gasteiger charge is -2.37. The van der Waals surface area contributed by atoms with Crippen LogP contribution in [0.3, 0.4) is 0 Å². The van der Waals surface area contributed by atoms with Gasteiger partial charge in [0.2, 0.25) is 0 Å². The van der Waals surface area contributed by atoms with E-state index in [2.05, 4.69) is 22.0 Å². The lowest BCUT2D eigenvalue weighted by molar-refractivity contribution is -0.143. The molecule has 5 aliphatic rings. The molecule has 1 aromatic carbocycles. The molecule has 7 heteroatoms. The van der Waals surface area contributed by atoms with Crippen molar-refractivity contribution in [1.82, 2.24) is 5.01 Å². The average Bonchev–Trinajstić information content (AvgIpc) is 3.50. The zero-order valence-corrected chi connectivity index (χ0v) is 15.4. The van der Waals surface area contributed by atoms with Crippen LogP contribution in [0.25, 0.3) is 0 Å². The Morgan fingerprint density at radius 2 is 1.71 bits per heavy atom. The highest BCUT2D eigenvalue weighted by atomic mass is 16.6. The number of hydrazone groups is 1. The van der Waals surface area contributed by atoms with Gasteiger partial charge in [0.05, 0.1) is 25.2 Å². The zero-order valence-electron chi connectivity index (χ0n) is 15.4. The summed E-state index contributed by atoms with van der Waals surface area (Å²) in [5.41, 5.74) is 0.727. The number of amides is 2. The van der Waals surface area contributed by atoms with Crippen LogP contribution >= 0.6 is 0 Å². The SMILES string of the molecule is COC(=O)COc1ccc(/C=N\N2C(=O)[C@@H]3[C@H]4C=C[C@@H]([C@@H]5C[C@H]45)[C@@H]3C2=O)cc1. The Hall–Kier alpha value is -2.96. The van der Waals surface area contributed by atoms with Gasteiger partial charge in [-0.15, -0.1) is 0 Å². The molecule has 2 bridgehead atoms. The van der Waals surface area contributed by atoms with E-state index in [-0.39, 0.29) is 42.1 Å². The minimum Gasteiger partial charge on any atom is -0.482 e. The molecule has 1 aromatic rings. The van der Waals surface area contributed by atoms with E-state index in [0.717, 1.165) is 17.0 Å². The number of benzene rings is 1. The Kier molecular flexibility index (Phi) is 3.86. The molecule has 1 heterocycles. The van der Waals surface area contributed by atoms with Crippen LogP contribution in [0.2, 0.25) is 0 Å². The van der Waals surface area contributed by atoms with Crippen molar-refractivity contribution in [3.05, 3.63) is 42.0 Å². The Morgan fingerprint density at radius 1 is 1.11 bits per heavy atom. The summed E-state index contributed by atoms with van der Waals surface area (Å²) in [6.45, 7) is -0.165. The van der Waals surface area contributed by atoms with Gasteiger partial charge in [0.1, 0.15) is 5.75 Å². The number of nitrogens with zero attached hydrogens (tertiary/aromatic N) is 2. The molecular formula is C21H20N2O5. The smallest absolute Gasteiger partial charge is 0.343 e. The molecule has 1 saturated heterocycles. The summed E-state index contributed by atoms with van der Waals surface area (Å²) in [7, 11) is 1.30. The van der Waals surface area contributed by atoms with Crippen LogP contribution in [0.1, 0.15) is 12.0 Å². The van der Waals surface area contributed by atoms with Gasteiger partial charge in [-0.3, -0.25) is 9.59 Å². The molecule has 0 radical (unpaired) electrons. The number of allylic oxidation sites excluding steroid dienone is 2. The Labute approximate surface area is 162 Å². The van der Waals surface area contributed by atoms with Crippen molar-refractivity contribution >= 4 is 24.0 Å². The summed E-state index contributed by atoms with van der Waals surface area (Å²) < 4.78 is 9.81. The predicted octanol–water partition coefficient (Wildman–Crippen LogP) is 1.63. The van der Waals surface area contributed by atoms with Crippen LogP contribution < -0.4 is 4.74 Å². The first-order valence-corrected chi connectivity index (χ1v) is 9.48. The van der Waals surface area contributed by atoms with Gasteiger partial charge in [0.25, 0.3) is 11.8 Å². The summed E-state index contributed by atoms with van der Waals surface area (Å²) in [5, 5.41) is 5.26. The average molecular weight is 380 g/mol. The Bertz CT molecular complexity index is 870. The number of hydrogen-bond donors (Lipinski definition) is 0. The maximum absolute atomic E-state index is 12.9. The molecule has 1 aliphatic heterocycles. The van der Waals surface area contributed by atoms with Crippen molar-refractivity contribution in [2.45, 2.75) is 6.42 Å². The number of methoxy groups -OCH3 is 1. The minimum absolute atomic E-state index is 0.165. The maximum atomic E-state index is 12.9. The number of carbonyl (C=O) groups excluding carboxylic acids is 3. The van der Waals surface area contributed by atoms with Gasteiger partial charge in [-0.25, -0.2) is 4.79 Å². The number of rotatable bonds is 5. The van der Waals surface area contributed by atoms with Crippen LogP contribution in [0.4, 0.5) is 0 Å². The zero-order chi connectivity index (χ0) is 19.4. The lowest BCUT2D eigenvalue weighted by atomic mass is 9.63. The van der Waals surface area contributed by atoms with Crippen molar-refractivity contribution in [3.8, 4) is 5.75 Å². The first kappa shape index (κ1) is 17.2. The van der Waals surface area contributed by atoms with Gasteiger partial charge in [0.15, 0.2) is 6.61 Å². The third-order valence-electron chi connectivity index (χ3n) is 6.43. The highest BCUT2D eigenvalue weighted by Crippen LogP contribution is 2.65. The number of imide groups is 1. The fraction of sp³-hybridized carbons (Fsp3) is 0.429. The fourth-order valence-corrected chi connectivity index (χ4v) is 5.03. The van der Waals surface area contributed by atoms with Gasteiger partial charge in [-0.05, 0) is 59.9 Å². The predicted molar refractivity (Wildman–Crippen MR) is 98.1 cm³/mol. The first-order chi connectivity index (χ1) is 13.6. The second kappa shape index (κ2) is 6.29. The minimum atomic E-state index is -0.459. The van der Waals surface area contributed by atoms with Gasteiger partial charge in [-0.1, -0.05) is 12.2 Å². The van der Waals surface area contributed by atoms with E-state index < -0.39 is 5.97 Å². The molecule has 0 unspecified atom stereocenters. The summed E-state index contributed by atoms with van der Waals surface area (Å²) in [4.78, 5) is 36.8. The molecule has 0 N–H and O–H groups in total. The van der Waals surface area contributed by atoms with E-state index in [4.69, 9.17) is 4.74 Å². The Balaban J connectivity index is 1.28. The Morgan fingerprint density at radius 3 is 2.29 bits per heavy atom. The quantitative estimate of drug-likeness (QED) is 0.335. The summed E-state index contributed by atoms with van der Waals surface area (Å²) in [5.74, 6) is 0.788. The number of hydrogen-bond acceptors (Lipinski definition) is 6. The van der Waals surface area contributed by atoms with E-state index >= 15 is 0 Å². The van der Waals surface area contributed by atoms with E-state index in [9.17, 15) is 14.4 Å². The van der Waals surface area contributed by atoms with Crippen molar-refractivity contribution in [2.75, 3.05) is 13.7 Å². The maximum Gasteiger partial charge on any atom is 0.343 e. The third kappa shape index (κ3) is 2.57. The molecular weight excluding hydrogens is 360 g/mol. The molecule has 2 saturated carbocycles. The number of ether oxygens (including phenoxy) is 2. The fourth-order valence-electron chi connectivity index (χ4n) is 5.03. The largest absolute Gasteiger partial charge is 0.482 e. The summed E-state index contributed by atoms with van der Waals surface area (Å²) in [6.07, 6.45) is 6.94. The molecule has 2 amide bonds. The second-order valence-corrected chi connectivity index (χ2v) is 7.82. The molecule has 4 aliphatic carbocycles. The van der Waals surface area contributed by atoms with E-state index in [1.54, 1.807) is 24.3 Å². The second-order valence-electron chi connectivity index (χ2n) is 7.82. The van der Waals surface area contributed by atoms with Gasteiger partial charge < -0.3 is 9.47 Å². The molecule has 28 heavy (non-hydrogen) atoms. The number of carbonyl (C=O) groups is 3. The number of esters is 1. The van der Waals surface area contributed by atoms with Crippen LogP contribution in [-0.4, -0.2) is 42.7 Å². The van der Waals surface area contributed by atoms with Gasteiger partial charge in [0, 0.05) is 0 Å². The van der Waals surface area contributed by atoms with Crippen molar-refractivity contribution < 1.29 is 23.9 Å². The molecule has 0 aromatic heterocycles. The van der Waals surface area contributed by atoms with Crippen LogP contribution in [0.5, 0.6) is 5.75 Å². The highest BCUT2D eigenvalue weighted by Gasteiger charge is 2.67. The molecule has 6 atom stereocenters. The van der Waals surface area contributed by atoms with E-state index in [0.29, 0.717) is 17.6 Å². The first-order valence-electron chi connectivity index (χ1n) is 9.48. The molecule has 6 rings (SSSR count). The topological polar surface area (TPSA) is 85.3 Å². The summed E-state index contributed by atoms with van der Waals surface area (Å²) in [6, 6.07) is 6.87. The van der Waals surface area contributed by atoms with E-state index in [1.165, 1.54) is 13.3 Å². The molecule has 144 valence electrons. The van der Waals surface area contributed by atoms with E-state index in [1.807, 2.05) is 0 Å². The van der Waals surface area contributed by atoms with Gasteiger partial charge in [-0.2, -0.15) is 10.1 Å².